The SMILES string of the molecule is COc1ccc(C(OCCC(O)CN)(c2ccccc2)c2ccc(OC)cc2)cc1. The number of hydrogen-bond donors (Lipinski definition) is 2. The Kier molecular flexibility index (Phi) is 7.46. The predicted octanol–water partition coefficient (Wildman–Crippen LogP) is 3.72. The molecule has 1 unspecified atom stereocenters. The van der Waals surface area contributed by atoms with Crippen molar-refractivity contribution in [1.82, 2.24) is 0 Å². The van der Waals surface area contributed by atoms with Crippen LogP contribution in [0.1, 0.15) is 23.1 Å². The fraction of sp³-hybridized carbons (Fsp3) is 0.280. The molecule has 3 N–H and O–H groups in total. The maximum absolute atomic E-state index is 9.97. The molecule has 0 aliphatic carbocycles. The van der Waals surface area contributed by atoms with Gasteiger partial charge in [-0.3, -0.25) is 0 Å². The van der Waals surface area contributed by atoms with E-state index in [1.54, 1.807) is 14.2 Å². The van der Waals surface area contributed by atoms with Crippen molar-refractivity contribution in [2.75, 3.05) is 27.4 Å². The topological polar surface area (TPSA) is 73.9 Å². The summed E-state index contributed by atoms with van der Waals surface area (Å²) in [6.07, 6.45) is -0.164. The minimum atomic E-state index is -0.867. The summed E-state index contributed by atoms with van der Waals surface area (Å²) >= 11 is 0. The second kappa shape index (κ2) is 10.3. The Hall–Kier alpha value is -2.86. The molecule has 0 bridgehead atoms. The van der Waals surface area contributed by atoms with Gasteiger partial charge in [0, 0.05) is 6.54 Å². The smallest absolute Gasteiger partial charge is 0.143 e. The van der Waals surface area contributed by atoms with Crippen LogP contribution in [0.2, 0.25) is 0 Å². The van der Waals surface area contributed by atoms with Crippen molar-refractivity contribution in [3.05, 3.63) is 95.6 Å². The number of benzene rings is 3. The number of aliphatic hydroxyl groups is 1. The zero-order chi connectivity index (χ0) is 21.4. The maximum atomic E-state index is 9.97. The lowest BCUT2D eigenvalue weighted by Gasteiger charge is -2.36. The monoisotopic (exact) mass is 407 g/mol. The van der Waals surface area contributed by atoms with Crippen LogP contribution in [0, 0.1) is 0 Å². The van der Waals surface area contributed by atoms with Gasteiger partial charge in [-0.05, 0) is 47.4 Å². The highest BCUT2D eigenvalue weighted by Crippen LogP contribution is 2.41. The number of ether oxygens (including phenoxy) is 3. The Morgan fingerprint density at radius 1 is 0.767 bits per heavy atom. The molecule has 0 heterocycles. The average Bonchev–Trinajstić information content (AvgIpc) is 2.82. The highest BCUT2D eigenvalue weighted by Gasteiger charge is 2.37. The second-order valence-electron chi connectivity index (χ2n) is 7.03. The molecule has 0 spiro atoms. The molecule has 5 heteroatoms. The molecule has 0 amide bonds. The molecule has 30 heavy (non-hydrogen) atoms. The van der Waals surface area contributed by atoms with Crippen molar-refractivity contribution in [3.63, 3.8) is 0 Å². The highest BCUT2D eigenvalue weighted by molar-refractivity contribution is 5.49. The highest BCUT2D eigenvalue weighted by atomic mass is 16.5. The van der Waals surface area contributed by atoms with E-state index < -0.39 is 11.7 Å². The molecular formula is C25H29NO4. The Bertz CT molecular complexity index is 847. The minimum Gasteiger partial charge on any atom is -0.497 e. The first-order valence-electron chi connectivity index (χ1n) is 10.0. The Morgan fingerprint density at radius 2 is 1.23 bits per heavy atom. The summed E-state index contributed by atoms with van der Waals surface area (Å²) in [5, 5.41) is 9.97. The lowest BCUT2D eigenvalue weighted by Crippen LogP contribution is -2.34. The van der Waals surface area contributed by atoms with E-state index in [4.69, 9.17) is 19.9 Å². The summed E-state index contributed by atoms with van der Waals surface area (Å²) in [5.74, 6) is 1.54. The van der Waals surface area contributed by atoms with Gasteiger partial charge in [-0.25, -0.2) is 0 Å². The van der Waals surface area contributed by atoms with E-state index in [-0.39, 0.29) is 6.54 Å². The molecule has 0 aliphatic rings. The van der Waals surface area contributed by atoms with Crippen LogP contribution in [0.15, 0.2) is 78.9 Å². The van der Waals surface area contributed by atoms with Crippen LogP contribution in [-0.4, -0.2) is 38.6 Å². The molecule has 5 nitrogen and oxygen atoms in total. The first-order valence-corrected chi connectivity index (χ1v) is 10.0. The van der Waals surface area contributed by atoms with Gasteiger partial charge in [0.05, 0.1) is 26.9 Å². The van der Waals surface area contributed by atoms with Crippen molar-refractivity contribution in [2.24, 2.45) is 5.73 Å². The number of rotatable bonds is 10. The first kappa shape index (κ1) is 21.8. The second-order valence-corrected chi connectivity index (χ2v) is 7.03. The van der Waals surface area contributed by atoms with Crippen LogP contribution in [0.3, 0.4) is 0 Å². The summed E-state index contributed by atoms with van der Waals surface area (Å²) in [6, 6.07) is 25.8. The van der Waals surface area contributed by atoms with Gasteiger partial charge < -0.3 is 25.1 Å². The molecule has 1 atom stereocenters. The minimum absolute atomic E-state index is 0.201. The van der Waals surface area contributed by atoms with Gasteiger partial charge in [-0.1, -0.05) is 54.6 Å². The van der Waals surface area contributed by atoms with E-state index in [1.165, 1.54) is 0 Å². The van der Waals surface area contributed by atoms with Crippen LogP contribution in [0.5, 0.6) is 11.5 Å². The van der Waals surface area contributed by atoms with Crippen molar-refractivity contribution in [2.45, 2.75) is 18.1 Å². The van der Waals surface area contributed by atoms with Crippen molar-refractivity contribution in [3.8, 4) is 11.5 Å². The van der Waals surface area contributed by atoms with Gasteiger partial charge >= 0.3 is 0 Å². The Morgan fingerprint density at radius 3 is 1.67 bits per heavy atom. The lowest BCUT2D eigenvalue weighted by molar-refractivity contribution is -0.00415. The molecule has 0 aliphatic heterocycles. The van der Waals surface area contributed by atoms with Crippen molar-refractivity contribution >= 4 is 0 Å². The molecule has 3 aromatic rings. The molecule has 3 aromatic carbocycles. The van der Waals surface area contributed by atoms with E-state index >= 15 is 0 Å². The molecule has 158 valence electrons. The zero-order valence-electron chi connectivity index (χ0n) is 17.5. The molecule has 0 saturated heterocycles. The molecule has 0 fully saturated rings. The summed E-state index contributed by atoms with van der Waals surface area (Å²) in [4.78, 5) is 0. The third-order valence-electron chi connectivity index (χ3n) is 5.22. The number of methoxy groups -OCH3 is 2. The summed E-state index contributed by atoms with van der Waals surface area (Å²) < 4.78 is 17.3. The van der Waals surface area contributed by atoms with Gasteiger partial charge in [-0.15, -0.1) is 0 Å². The van der Waals surface area contributed by atoms with Gasteiger partial charge in [0.25, 0.3) is 0 Å². The van der Waals surface area contributed by atoms with E-state index in [9.17, 15) is 5.11 Å². The molecule has 0 aromatic heterocycles. The lowest BCUT2D eigenvalue weighted by atomic mass is 9.80. The average molecular weight is 408 g/mol. The summed E-state index contributed by atoms with van der Waals surface area (Å²) in [5.41, 5.74) is 7.63. The fourth-order valence-corrected chi connectivity index (χ4v) is 3.54. The van der Waals surface area contributed by atoms with Gasteiger partial charge in [0.15, 0.2) is 0 Å². The van der Waals surface area contributed by atoms with E-state index in [0.29, 0.717) is 13.0 Å². The van der Waals surface area contributed by atoms with E-state index in [0.717, 1.165) is 28.2 Å². The van der Waals surface area contributed by atoms with Crippen LogP contribution in [0.4, 0.5) is 0 Å². The fourth-order valence-electron chi connectivity index (χ4n) is 3.54. The van der Waals surface area contributed by atoms with E-state index in [1.807, 2.05) is 78.9 Å². The Labute approximate surface area is 178 Å². The van der Waals surface area contributed by atoms with Crippen molar-refractivity contribution < 1.29 is 19.3 Å². The molecule has 0 saturated carbocycles. The number of nitrogens with two attached hydrogens (primary N) is 1. The van der Waals surface area contributed by atoms with Crippen LogP contribution < -0.4 is 15.2 Å². The van der Waals surface area contributed by atoms with Crippen LogP contribution >= 0.6 is 0 Å². The normalized spacial score (nSPS) is 12.4. The van der Waals surface area contributed by atoms with Crippen molar-refractivity contribution in [1.29, 1.82) is 0 Å². The third-order valence-corrected chi connectivity index (χ3v) is 5.22. The van der Waals surface area contributed by atoms with Crippen LogP contribution in [0.25, 0.3) is 0 Å². The predicted molar refractivity (Wildman–Crippen MR) is 118 cm³/mol. The third kappa shape index (κ3) is 4.65. The van der Waals surface area contributed by atoms with Crippen LogP contribution in [-0.2, 0) is 10.3 Å². The largest absolute Gasteiger partial charge is 0.497 e. The standard InChI is InChI=1S/C25H29NO4/c1-28-23-12-8-20(9-13-23)25(19-6-4-3-5-7-19,30-17-16-22(27)18-26)21-10-14-24(29-2)15-11-21/h3-15,22,27H,16-18,26H2,1-2H3. The van der Waals surface area contributed by atoms with E-state index in [2.05, 4.69) is 0 Å². The molecular weight excluding hydrogens is 378 g/mol. The quantitative estimate of drug-likeness (QED) is 0.501. The van der Waals surface area contributed by atoms with Gasteiger partial charge in [0.1, 0.15) is 17.1 Å². The molecule has 3 rings (SSSR count). The number of hydrogen-bond acceptors (Lipinski definition) is 5. The zero-order valence-corrected chi connectivity index (χ0v) is 17.5. The Balaban J connectivity index is 2.15. The van der Waals surface area contributed by atoms with Gasteiger partial charge in [-0.2, -0.15) is 0 Å². The summed E-state index contributed by atoms with van der Waals surface area (Å²) in [6.45, 7) is 0.540. The first-order chi connectivity index (χ1) is 14.6. The summed E-state index contributed by atoms with van der Waals surface area (Å²) in [7, 11) is 3.29. The number of aliphatic hydroxyl groups excluding tert-OH is 1. The van der Waals surface area contributed by atoms with Gasteiger partial charge in [0.2, 0.25) is 0 Å². The molecule has 0 radical (unpaired) electrons. The maximum Gasteiger partial charge on any atom is 0.143 e.